The first-order valence-electron chi connectivity index (χ1n) is 9.83. The maximum Gasteiger partial charge on any atom is 0.309 e. The molecule has 3 atom stereocenters. The fourth-order valence-electron chi connectivity index (χ4n) is 3.56. The van der Waals surface area contributed by atoms with Gasteiger partial charge in [0.1, 0.15) is 0 Å². The summed E-state index contributed by atoms with van der Waals surface area (Å²) in [5, 5.41) is 10.7. The third-order valence-corrected chi connectivity index (χ3v) is 8.67. The van der Waals surface area contributed by atoms with Crippen LogP contribution >= 0.6 is 34.8 Å². The van der Waals surface area contributed by atoms with Crippen LogP contribution in [0.4, 0.5) is 5.69 Å². The lowest BCUT2D eigenvalue weighted by molar-refractivity contribution is -0.151. The van der Waals surface area contributed by atoms with Crippen molar-refractivity contribution in [2.45, 2.75) is 51.5 Å². The summed E-state index contributed by atoms with van der Waals surface area (Å²) in [7, 11) is -4.04. The summed E-state index contributed by atoms with van der Waals surface area (Å²) in [6.45, 7) is 7.04. The van der Waals surface area contributed by atoms with Crippen LogP contribution in [0.25, 0.3) is 0 Å². The van der Waals surface area contributed by atoms with Crippen LogP contribution in [-0.2, 0) is 14.8 Å². The van der Waals surface area contributed by atoms with Gasteiger partial charge in [-0.05, 0) is 75.1 Å². The van der Waals surface area contributed by atoms with Gasteiger partial charge in [-0.25, -0.2) is 8.42 Å². The maximum absolute atomic E-state index is 13.6. The molecule has 0 aliphatic rings. The molecule has 0 aliphatic heterocycles. The van der Waals surface area contributed by atoms with E-state index in [1.165, 1.54) is 40.7 Å². The number of sulfonamides is 1. The highest BCUT2D eigenvalue weighted by atomic mass is 35.5. The fourth-order valence-corrected chi connectivity index (χ4v) is 5.78. The molecule has 1 N–H and O–H groups in total. The number of carbonyl (C=O) groups is 1. The Morgan fingerprint density at radius 1 is 1.06 bits per heavy atom. The highest BCUT2D eigenvalue weighted by molar-refractivity contribution is 7.92. The molecule has 2 aromatic rings. The van der Waals surface area contributed by atoms with E-state index in [9.17, 15) is 18.3 Å². The molecule has 9 heteroatoms. The molecular weight excluding hydrogens is 481 g/mol. The molecule has 0 saturated carbocycles. The van der Waals surface area contributed by atoms with Crippen LogP contribution in [0.3, 0.4) is 0 Å². The molecule has 0 bridgehead atoms. The van der Waals surface area contributed by atoms with Crippen molar-refractivity contribution in [1.29, 1.82) is 0 Å². The first-order valence-corrected chi connectivity index (χ1v) is 12.4. The average molecular weight is 507 g/mol. The van der Waals surface area contributed by atoms with Gasteiger partial charge in [0.25, 0.3) is 10.0 Å². The molecule has 2 unspecified atom stereocenters. The molecule has 0 amide bonds. The van der Waals surface area contributed by atoms with Crippen LogP contribution in [0.15, 0.2) is 47.4 Å². The summed E-state index contributed by atoms with van der Waals surface area (Å²) in [4.78, 5) is 11.9. The summed E-state index contributed by atoms with van der Waals surface area (Å²) < 4.78 is 28.5. The van der Waals surface area contributed by atoms with Crippen LogP contribution in [0.5, 0.6) is 0 Å². The van der Waals surface area contributed by atoms with Gasteiger partial charge in [0.05, 0.1) is 21.0 Å². The molecular formula is C22H26Cl3NO4S. The smallest absolute Gasteiger partial charge is 0.309 e. The van der Waals surface area contributed by atoms with Crippen molar-refractivity contribution >= 4 is 56.5 Å². The van der Waals surface area contributed by atoms with E-state index in [1.807, 2.05) is 13.8 Å². The van der Waals surface area contributed by atoms with E-state index in [0.29, 0.717) is 22.9 Å². The zero-order valence-electron chi connectivity index (χ0n) is 17.8. The Bertz CT molecular complexity index is 1040. The predicted octanol–water partition coefficient (Wildman–Crippen LogP) is 6.76. The van der Waals surface area contributed by atoms with E-state index >= 15 is 0 Å². The Labute approximate surface area is 199 Å². The summed E-state index contributed by atoms with van der Waals surface area (Å²) in [6, 6.07) is 9.85. The lowest BCUT2D eigenvalue weighted by Crippen LogP contribution is -2.43. The molecule has 0 saturated heterocycles. The Morgan fingerprint density at radius 2 is 1.61 bits per heavy atom. The molecule has 0 heterocycles. The summed E-state index contributed by atoms with van der Waals surface area (Å²) in [5.74, 6) is -1.23. The van der Waals surface area contributed by atoms with Gasteiger partial charge in [-0.1, -0.05) is 48.7 Å². The quantitative estimate of drug-likeness (QED) is 0.408. The van der Waals surface area contributed by atoms with Gasteiger partial charge in [-0.2, -0.15) is 0 Å². The summed E-state index contributed by atoms with van der Waals surface area (Å²) >= 11 is 18.5. The number of hydrogen-bond acceptors (Lipinski definition) is 3. The van der Waals surface area contributed by atoms with Gasteiger partial charge in [-0.15, -0.1) is 0 Å². The Hall–Kier alpha value is -1.47. The van der Waals surface area contributed by atoms with E-state index < -0.39 is 27.4 Å². The van der Waals surface area contributed by atoms with E-state index in [1.54, 1.807) is 19.9 Å². The van der Waals surface area contributed by atoms with Crippen LogP contribution in [-0.4, -0.2) is 25.5 Å². The first-order chi connectivity index (χ1) is 14.3. The van der Waals surface area contributed by atoms with Gasteiger partial charge < -0.3 is 5.11 Å². The second kappa shape index (κ2) is 9.99. The van der Waals surface area contributed by atoms with Crippen molar-refractivity contribution in [2.75, 3.05) is 4.31 Å². The Kier molecular flexibility index (Phi) is 8.31. The maximum atomic E-state index is 13.6. The highest BCUT2D eigenvalue weighted by Crippen LogP contribution is 2.39. The summed E-state index contributed by atoms with van der Waals surface area (Å²) in [6.07, 6.45) is 0.713. The van der Waals surface area contributed by atoms with Crippen LogP contribution < -0.4 is 4.31 Å². The Morgan fingerprint density at radius 3 is 2.13 bits per heavy atom. The van der Waals surface area contributed by atoms with Gasteiger partial charge >= 0.3 is 5.97 Å². The van der Waals surface area contributed by atoms with E-state index in [2.05, 4.69) is 0 Å². The van der Waals surface area contributed by atoms with E-state index in [0.717, 1.165) is 0 Å². The van der Waals surface area contributed by atoms with Crippen molar-refractivity contribution in [2.24, 2.45) is 11.3 Å². The molecule has 5 nitrogen and oxygen atoms in total. The van der Waals surface area contributed by atoms with Crippen molar-refractivity contribution in [3.05, 3.63) is 57.5 Å². The van der Waals surface area contributed by atoms with Crippen molar-refractivity contribution < 1.29 is 18.3 Å². The molecule has 2 aromatic carbocycles. The lowest BCUT2D eigenvalue weighted by Gasteiger charge is -2.37. The topological polar surface area (TPSA) is 74.7 Å². The number of anilines is 1. The number of halogens is 3. The van der Waals surface area contributed by atoms with E-state index in [4.69, 9.17) is 34.8 Å². The third-order valence-electron chi connectivity index (χ3n) is 5.92. The van der Waals surface area contributed by atoms with Crippen LogP contribution in [0, 0.1) is 11.3 Å². The minimum absolute atomic E-state index is 0.0453. The van der Waals surface area contributed by atoms with Gasteiger partial charge in [-0.3, -0.25) is 9.10 Å². The zero-order valence-corrected chi connectivity index (χ0v) is 20.9. The average Bonchev–Trinajstić information content (AvgIpc) is 2.69. The number of carboxylic acids is 1. The second-order valence-corrected chi connectivity index (χ2v) is 11.0. The SMILES string of the molecule is CCC(C)(C(=O)O)C(C)C[C@@H](C)N(c1cc(Cl)ccc1Cl)S(=O)(=O)c1ccc(Cl)cc1. The number of hydrogen-bond donors (Lipinski definition) is 1. The number of carboxylic acid groups (broad SMARTS) is 1. The van der Waals surface area contributed by atoms with Crippen molar-refractivity contribution in [3.8, 4) is 0 Å². The van der Waals surface area contributed by atoms with Crippen molar-refractivity contribution in [3.63, 3.8) is 0 Å². The molecule has 0 aromatic heterocycles. The fraction of sp³-hybridized carbons (Fsp3) is 0.409. The zero-order chi connectivity index (χ0) is 23.6. The van der Waals surface area contributed by atoms with Gasteiger partial charge in [0.15, 0.2) is 0 Å². The molecule has 31 heavy (non-hydrogen) atoms. The number of nitrogens with zero attached hydrogens (tertiary/aromatic N) is 1. The normalized spacial score (nSPS) is 15.7. The van der Waals surface area contributed by atoms with Crippen LogP contribution in [0.1, 0.15) is 40.5 Å². The molecule has 170 valence electrons. The lowest BCUT2D eigenvalue weighted by atomic mass is 9.73. The molecule has 0 spiro atoms. The minimum Gasteiger partial charge on any atom is -0.481 e. The number of benzene rings is 2. The Balaban J connectivity index is 2.58. The van der Waals surface area contributed by atoms with E-state index in [-0.39, 0.29) is 21.5 Å². The monoisotopic (exact) mass is 505 g/mol. The second-order valence-electron chi connectivity index (χ2n) is 7.91. The summed E-state index contributed by atoms with van der Waals surface area (Å²) in [5.41, 5.74) is -0.764. The minimum atomic E-state index is -4.04. The van der Waals surface area contributed by atoms with Crippen molar-refractivity contribution in [1.82, 2.24) is 0 Å². The standard InChI is InChI=1S/C22H26Cl3NO4S/c1-5-22(4,21(27)28)14(2)12-15(3)26(20-13-17(24)8-11-19(20)25)31(29,30)18-9-6-16(23)7-10-18/h6-11,13-15H,5,12H2,1-4H3,(H,27,28)/t14?,15-,22?/m1/s1. The molecule has 0 radical (unpaired) electrons. The number of rotatable bonds is 9. The third kappa shape index (κ3) is 5.48. The predicted molar refractivity (Wildman–Crippen MR) is 127 cm³/mol. The highest BCUT2D eigenvalue weighted by Gasteiger charge is 2.40. The molecule has 0 fully saturated rings. The van der Waals surface area contributed by atoms with Crippen LogP contribution in [0.2, 0.25) is 15.1 Å². The number of aliphatic carboxylic acids is 1. The van der Waals surface area contributed by atoms with Gasteiger partial charge in [0, 0.05) is 16.1 Å². The largest absolute Gasteiger partial charge is 0.481 e. The first kappa shape index (κ1) is 25.8. The molecule has 0 aliphatic carbocycles. The molecule has 2 rings (SSSR count). The van der Waals surface area contributed by atoms with Gasteiger partial charge in [0.2, 0.25) is 0 Å².